The number of ether oxygens (including phenoxy) is 2. The molecule has 7 nitrogen and oxygen atoms in total. The topological polar surface area (TPSA) is 107 Å². The number of carboxylic acid groups (broad SMARTS) is 1. The molecule has 1 unspecified atom stereocenters. The zero-order valence-corrected chi connectivity index (χ0v) is 21.3. The molecule has 38 heavy (non-hydrogen) atoms. The SMILES string of the molecule is CN=C(N=C(N)c1ccc(C(F)(F)F)cc1)C(Oc1ccc(OC(C)(C)C(=O)O)c(C)c1)c1ccccc1. The second-order valence-electron chi connectivity index (χ2n) is 8.91. The molecule has 3 aromatic rings. The first-order valence-electron chi connectivity index (χ1n) is 11.5. The van der Waals surface area contributed by atoms with E-state index >= 15 is 0 Å². The number of aryl methyl sites for hydroxylation is 1. The summed E-state index contributed by atoms with van der Waals surface area (Å²) < 4.78 is 50.7. The maximum Gasteiger partial charge on any atom is 0.416 e. The second-order valence-corrected chi connectivity index (χ2v) is 8.91. The number of aliphatic carboxylic acids is 1. The minimum Gasteiger partial charge on any atom is -0.478 e. The average Bonchev–Trinajstić information content (AvgIpc) is 2.87. The van der Waals surface area contributed by atoms with Crippen LogP contribution in [0, 0.1) is 6.92 Å². The summed E-state index contributed by atoms with van der Waals surface area (Å²) in [6.07, 6.45) is -5.27. The summed E-state index contributed by atoms with van der Waals surface area (Å²) in [5.41, 5.74) is 5.57. The number of aliphatic imine (C=N–C) groups is 2. The van der Waals surface area contributed by atoms with Crippen molar-refractivity contribution in [3.63, 3.8) is 0 Å². The van der Waals surface area contributed by atoms with Crippen LogP contribution >= 0.6 is 0 Å². The van der Waals surface area contributed by atoms with Crippen LogP contribution in [0.4, 0.5) is 13.2 Å². The molecule has 0 heterocycles. The van der Waals surface area contributed by atoms with Gasteiger partial charge >= 0.3 is 12.1 Å². The van der Waals surface area contributed by atoms with Gasteiger partial charge in [0.05, 0.1) is 5.56 Å². The van der Waals surface area contributed by atoms with E-state index in [4.69, 9.17) is 15.2 Å². The van der Waals surface area contributed by atoms with E-state index in [0.29, 0.717) is 28.2 Å². The van der Waals surface area contributed by atoms with Gasteiger partial charge in [-0.15, -0.1) is 0 Å². The minimum atomic E-state index is -4.46. The molecule has 3 rings (SSSR count). The largest absolute Gasteiger partial charge is 0.478 e. The summed E-state index contributed by atoms with van der Waals surface area (Å²) in [4.78, 5) is 20.1. The third kappa shape index (κ3) is 6.90. The van der Waals surface area contributed by atoms with Crippen LogP contribution in [-0.2, 0) is 11.0 Å². The molecule has 1 atom stereocenters. The number of carboxylic acids is 1. The lowest BCUT2D eigenvalue weighted by Crippen LogP contribution is -2.38. The number of carbonyl (C=O) groups is 1. The highest BCUT2D eigenvalue weighted by Gasteiger charge is 2.31. The van der Waals surface area contributed by atoms with Gasteiger partial charge in [-0.25, -0.2) is 9.79 Å². The first-order valence-corrected chi connectivity index (χ1v) is 11.5. The van der Waals surface area contributed by atoms with Gasteiger partial charge in [-0.3, -0.25) is 4.99 Å². The summed E-state index contributed by atoms with van der Waals surface area (Å²) in [6, 6.07) is 18.4. The molecule has 0 aromatic heterocycles. The Morgan fingerprint density at radius 2 is 1.63 bits per heavy atom. The van der Waals surface area contributed by atoms with Crippen molar-refractivity contribution >= 4 is 17.6 Å². The third-order valence-corrected chi connectivity index (χ3v) is 5.59. The number of benzene rings is 3. The standard InChI is InChI=1S/C28H28F3N3O4/c1-17-16-21(14-15-22(17)38-27(2,3)26(35)36)37-23(18-8-6-5-7-9-18)25(33-4)34-24(32)19-10-12-20(13-11-19)28(29,30)31/h5-16,23H,1-4H3,(H,35,36)(H2,32,33,34). The fraction of sp³-hybridized carbons (Fsp3) is 0.250. The molecule has 0 fully saturated rings. The highest BCUT2D eigenvalue weighted by molar-refractivity contribution is 6.06. The van der Waals surface area contributed by atoms with Crippen molar-refractivity contribution in [2.45, 2.75) is 38.7 Å². The van der Waals surface area contributed by atoms with Crippen LogP contribution in [0.25, 0.3) is 0 Å². The van der Waals surface area contributed by atoms with Gasteiger partial charge in [0.15, 0.2) is 17.5 Å². The number of rotatable bonds is 8. The third-order valence-electron chi connectivity index (χ3n) is 5.59. The van der Waals surface area contributed by atoms with Crippen LogP contribution in [0.5, 0.6) is 11.5 Å². The second kappa shape index (κ2) is 11.4. The van der Waals surface area contributed by atoms with Crippen molar-refractivity contribution in [3.05, 3.63) is 95.1 Å². The van der Waals surface area contributed by atoms with E-state index in [1.165, 1.54) is 33.0 Å². The number of amidine groups is 2. The summed E-state index contributed by atoms with van der Waals surface area (Å²) in [5.74, 6) is -0.122. The Hall–Kier alpha value is -4.34. The van der Waals surface area contributed by atoms with Gasteiger partial charge in [0.1, 0.15) is 17.3 Å². The molecule has 0 bridgehead atoms. The Bertz CT molecular complexity index is 1340. The predicted octanol–water partition coefficient (Wildman–Crippen LogP) is 5.81. The van der Waals surface area contributed by atoms with E-state index in [2.05, 4.69) is 9.98 Å². The molecule has 0 amide bonds. The normalized spacial score (nSPS) is 13.7. The van der Waals surface area contributed by atoms with Gasteiger partial charge in [-0.2, -0.15) is 13.2 Å². The highest BCUT2D eigenvalue weighted by Crippen LogP contribution is 2.31. The molecular weight excluding hydrogens is 499 g/mol. The molecular formula is C28H28F3N3O4. The summed E-state index contributed by atoms with van der Waals surface area (Å²) in [7, 11) is 1.51. The van der Waals surface area contributed by atoms with Gasteiger partial charge in [-0.05, 0) is 56.7 Å². The summed E-state index contributed by atoms with van der Waals surface area (Å²) in [5, 5.41) is 9.35. The Labute approximate surface area is 218 Å². The zero-order valence-electron chi connectivity index (χ0n) is 21.3. The van der Waals surface area contributed by atoms with Gasteiger partial charge in [0.2, 0.25) is 0 Å². The molecule has 0 saturated heterocycles. The van der Waals surface area contributed by atoms with Crippen molar-refractivity contribution in [3.8, 4) is 11.5 Å². The Morgan fingerprint density at radius 1 is 1.00 bits per heavy atom. The molecule has 0 radical (unpaired) electrons. The molecule has 0 aliphatic heterocycles. The van der Waals surface area contributed by atoms with Crippen LogP contribution in [0.1, 0.15) is 42.2 Å². The molecule has 10 heteroatoms. The number of hydrogen-bond acceptors (Lipinski definition) is 4. The molecule has 200 valence electrons. The molecule has 0 aliphatic carbocycles. The van der Waals surface area contributed by atoms with E-state index < -0.39 is 29.4 Å². The number of nitrogens with two attached hydrogens (primary N) is 1. The zero-order chi connectivity index (χ0) is 28.1. The van der Waals surface area contributed by atoms with Crippen molar-refractivity contribution in [1.82, 2.24) is 0 Å². The number of halogens is 3. The van der Waals surface area contributed by atoms with E-state index in [-0.39, 0.29) is 11.7 Å². The fourth-order valence-corrected chi connectivity index (χ4v) is 3.41. The van der Waals surface area contributed by atoms with Crippen LogP contribution in [0.2, 0.25) is 0 Å². The molecule has 0 aliphatic rings. The molecule has 3 N–H and O–H groups in total. The minimum absolute atomic E-state index is 0.0281. The lowest BCUT2D eigenvalue weighted by molar-refractivity contribution is -0.152. The number of alkyl halides is 3. The van der Waals surface area contributed by atoms with Crippen LogP contribution < -0.4 is 15.2 Å². The first kappa shape index (κ1) is 28.2. The van der Waals surface area contributed by atoms with E-state index in [9.17, 15) is 23.1 Å². The van der Waals surface area contributed by atoms with Crippen molar-refractivity contribution in [1.29, 1.82) is 0 Å². The van der Waals surface area contributed by atoms with Crippen molar-refractivity contribution in [2.75, 3.05) is 7.05 Å². The van der Waals surface area contributed by atoms with Crippen LogP contribution in [0.3, 0.4) is 0 Å². The Morgan fingerprint density at radius 3 is 2.16 bits per heavy atom. The maximum atomic E-state index is 12.9. The van der Waals surface area contributed by atoms with Gasteiger partial charge < -0.3 is 20.3 Å². The lowest BCUT2D eigenvalue weighted by Gasteiger charge is -2.24. The average molecular weight is 528 g/mol. The van der Waals surface area contributed by atoms with E-state index in [0.717, 1.165) is 12.1 Å². The van der Waals surface area contributed by atoms with Crippen molar-refractivity contribution in [2.24, 2.45) is 15.7 Å². The monoisotopic (exact) mass is 527 g/mol. The molecule has 3 aromatic carbocycles. The summed E-state index contributed by atoms with van der Waals surface area (Å²) >= 11 is 0. The number of nitrogens with zero attached hydrogens (tertiary/aromatic N) is 2. The number of hydrogen-bond donors (Lipinski definition) is 2. The van der Waals surface area contributed by atoms with Crippen LogP contribution in [-0.4, -0.2) is 35.4 Å². The summed E-state index contributed by atoms with van der Waals surface area (Å²) in [6.45, 7) is 4.66. The highest BCUT2D eigenvalue weighted by atomic mass is 19.4. The first-order chi connectivity index (χ1) is 17.8. The van der Waals surface area contributed by atoms with Gasteiger partial charge in [0.25, 0.3) is 0 Å². The quantitative estimate of drug-likeness (QED) is 0.284. The Kier molecular flexibility index (Phi) is 8.45. The molecule has 0 spiro atoms. The molecule has 0 saturated carbocycles. The smallest absolute Gasteiger partial charge is 0.416 e. The van der Waals surface area contributed by atoms with Crippen molar-refractivity contribution < 1.29 is 32.5 Å². The van der Waals surface area contributed by atoms with Crippen LogP contribution in [0.15, 0.2) is 82.8 Å². The maximum absolute atomic E-state index is 12.9. The van der Waals surface area contributed by atoms with E-state index in [1.807, 2.05) is 30.3 Å². The Balaban J connectivity index is 1.93. The lowest BCUT2D eigenvalue weighted by atomic mass is 10.1. The van der Waals surface area contributed by atoms with E-state index in [1.54, 1.807) is 25.1 Å². The predicted molar refractivity (Wildman–Crippen MR) is 139 cm³/mol. The fourth-order valence-electron chi connectivity index (χ4n) is 3.41. The van der Waals surface area contributed by atoms with Gasteiger partial charge in [0, 0.05) is 18.2 Å². The van der Waals surface area contributed by atoms with Gasteiger partial charge in [-0.1, -0.05) is 42.5 Å².